The van der Waals surface area contributed by atoms with Crippen molar-refractivity contribution in [3.8, 4) is 6.07 Å². The molecule has 1 atom stereocenters. The Labute approximate surface area is 96.8 Å². The van der Waals surface area contributed by atoms with Crippen LogP contribution in [0.4, 0.5) is 0 Å². The van der Waals surface area contributed by atoms with Crippen molar-refractivity contribution >= 4 is 10.2 Å². The lowest BCUT2D eigenvalue weighted by atomic mass is 10.1. The van der Waals surface area contributed by atoms with E-state index < -0.39 is 16.3 Å². The summed E-state index contributed by atoms with van der Waals surface area (Å²) >= 11 is 0. The summed E-state index contributed by atoms with van der Waals surface area (Å²) in [4.78, 5) is 0. The van der Waals surface area contributed by atoms with Gasteiger partial charge in [0.25, 0.3) is 10.2 Å². The molecule has 1 unspecified atom stereocenters. The molecule has 0 aromatic rings. The summed E-state index contributed by atoms with van der Waals surface area (Å²) < 4.78 is 27.4. The number of nitriles is 1. The van der Waals surface area contributed by atoms with Crippen molar-refractivity contribution in [1.82, 2.24) is 8.61 Å². The van der Waals surface area contributed by atoms with E-state index in [1.807, 2.05) is 0 Å². The smallest absolute Gasteiger partial charge is 0.197 e. The lowest BCUT2D eigenvalue weighted by Gasteiger charge is -2.33. The van der Waals surface area contributed by atoms with Crippen LogP contribution in [0.15, 0.2) is 0 Å². The largest absolute Gasteiger partial charge is 0.283 e. The van der Waals surface area contributed by atoms with Crippen LogP contribution in [-0.2, 0) is 10.2 Å². The predicted octanol–water partition coefficient (Wildman–Crippen LogP) is 0.705. The van der Waals surface area contributed by atoms with Crippen LogP contribution in [0.5, 0.6) is 0 Å². The van der Waals surface area contributed by atoms with Crippen LogP contribution in [0, 0.1) is 11.3 Å². The van der Waals surface area contributed by atoms with Gasteiger partial charge in [0.05, 0.1) is 6.07 Å². The highest BCUT2D eigenvalue weighted by molar-refractivity contribution is 7.86. The minimum atomic E-state index is -3.38. The van der Waals surface area contributed by atoms with Gasteiger partial charge in [-0.15, -0.1) is 0 Å². The molecule has 0 aromatic heterocycles. The van der Waals surface area contributed by atoms with E-state index in [4.69, 9.17) is 5.26 Å². The van der Waals surface area contributed by atoms with Crippen molar-refractivity contribution < 1.29 is 8.42 Å². The Bertz CT molecular complexity index is 381. The fourth-order valence-electron chi connectivity index (χ4n) is 2.38. The summed E-state index contributed by atoms with van der Waals surface area (Å²) in [6, 6.07) is 1.64. The molecule has 5 nitrogen and oxygen atoms in total. The van der Waals surface area contributed by atoms with Crippen molar-refractivity contribution in [2.45, 2.75) is 38.1 Å². The third-order valence-electron chi connectivity index (χ3n) is 3.29. The van der Waals surface area contributed by atoms with Gasteiger partial charge in [-0.05, 0) is 32.1 Å². The standard InChI is InChI=1S/C10H17N3O2S/c11-9-10-5-1-2-8-13(10)16(14,15)12-6-3-4-7-12/h10H,1-8H2. The fourth-order valence-corrected chi connectivity index (χ4v) is 4.23. The molecule has 6 heteroatoms. The van der Waals surface area contributed by atoms with E-state index in [-0.39, 0.29) is 0 Å². The van der Waals surface area contributed by atoms with E-state index in [2.05, 4.69) is 6.07 Å². The summed E-state index contributed by atoms with van der Waals surface area (Å²) in [5, 5.41) is 8.99. The first-order valence-electron chi connectivity index (χ1n) is 5.83. The Morgan fingerprint density at radius 3 is 2.31 bits per heavy atom. The number of rotatable bonds is 2. The topological polar surface area (TPSA) is 64.4 Å². The Hall–Kier alpha value is -0.640. The zero-order valence-electron chi connectivity index (χ0n) is 9.30. The molecule has 0 aliphatic carbocycles. The van der Waals surface area contributed by atoms with Crippen molar-refractivity contribution in [2.24, 2.45) is 0 Å². The molecular weight excluding hydrogens is 226 g/mol. The second-order valence-electron chi connectivity index (χ2n) is 4.37. The Morgan fingerprint density at radius 2 is 1.69 bits per heavy atom. The molecule has 2 aliphatic heterocycles. The van der Waals surface area contributed by atoms with Crippen LogP contribution >= 0.6 is 0 Å². The van der Waals surface area contributed by atoms with Gasteiger partial charge in [-0.2, -0.15) is 22.3 Å². The summed E-state index contributed by atoms with van der Waals surface area (Å²) in [5.74, 6) is 0. The molecule has 2 saturated heterocycles. The van der Waals surface area contributed by atoms with Crippen LogP contribution < -0.4 is 0 Å². The van der Waals surface area contributed by atoms with Gasteiger partial charge in [0.15, 0.2) is 0 Å². The summed E-state index contributed by atoms with van der Waals surface area (Å²) in [7, 11) is -3.38. The van der Waals surface area contributed by atoms with Crippen molar-refractivity contribution in [3.05, 3.63) is 0 Å². The average Bonchev–Trinajstić information content (AvgIpc) is 2.83. The molecule has 2 fully saturated rings. The molecule has 0 aromatic carbocycles. The van der Waals surface area contributed by atoms with Crippen LogP contribution in [0.2, 0.25) is 0 Å². The van der Waals surface area contributed by atoms with E-state index in [0.29, 0.717) is 26.1 Å². The predicted molar refractivity (Wildman–Crippen MR) is 59.7 cm³/mol. The minimum Gasteiger partial charge on any atom is -0.197 e. The number of hydrogen-bond acceptors (Lipinski definition) is 3. The van der Waals surface area contributed by atoms with Gasteiger partial charge in [0.1, 0.15) is 6.04 Å². The second-order valence-corrected chi connectivity index (χ2v) is 6.25. The minimum absolute atomic E-state index is 0.459. The van der Waals surface area contributed by atoms with E-state index >= 15 is 0 Å². The van der Waals surface area contributed by atoms with Gasteiger partial charge in [-0.3, -0.25) is 0 Å². The first-order valence-corrected chi connectivity index (χ1v) is 7.22. The molecule has 0 spiro atoms. The zero-order valence-corrected chi connectivity index (χ0v) is 10.1. The lowest BCUT2D eigenvalue weighted by molar-refractivity contribution is 0.275. The second kappa shape index (κ2) is 4.70. The summed E-state index contributed by atoms with van der Waals surface area (Å²) in [6.07, 6.45) is 4.35. The first kappa shape index (κ1) is 11.8. The summed E-state index contributed by atoms with van der Waals surface area (Å²) in [6.45, 7) is 1.71. The molecule has 0 saturated carbocycles. The van der Waals surface area contributed by atoms with Crippen molar-refractivity contribution in [2.75, 3.05) is 19.6 Å². The zero-order chi connectivity index (χ0) is 11.6. The van der Waals surface area contributed by atoms with Crippen LogP contribution in [0.1, 0.15) is 32.1 Å². The van der Waals surface area contributed by atoms with Crippen LogP contribution in [0.25, 0.3) is 0 Å². The highest BCUT2D eigenvalue weighted by Gasteiger charge is 2.37. The molecular formula is C10H17N3O2S. The number of nitrogens with zero attached hydrogens (tertiary/aromatic N) is 3. The lowest BCUT2D eigenvalue weighted by Crippen LogP contribution is -2.49. The van der Waals surface area contributed by atoms with Crippen LogP contribution in [-0.4, -0.2) is 42.7 Å². The number of hydrogen-bond donors (Lipinski definition) is 0. The highest BCUT2D eigenvalue weighted by atomic mass is 32.2. The van der Waals surface area contributed by atoms with Gasteiger partial charge in [0, 0.05) is 19.6 Å². The SMILES string of the molecule is N#CC1CCCCN1S(=O)(=O)N1CCCC1. The maximum Gasteiger partial charge on any atom is 0.283 e. The normalized spacial score (nSPS) is 29.1. The van der Waals surface area contributed by atoms with Crippen molar-refractivity contribution in [1.29, 1.82) is 5.26 Å². The average molecular weight is 243 g/mol. The molecule has 0 radical (unpaired) electrons. The Kier molecular flexibility index (Phi) is 3.47. The van der Waals surface area contributed by atoms with E-state index in [9.17, 15) is 8.42 Å². The maximum atomic E-state index is 12.3. The van der Waals surface area contributed by atoms with E-state index in [1.54, 1.807) is 0 Å². The van der Waals surface area contributed by atoms with Gasteiger partial charge in [0.2, 0.25) is 0 Å². The molecule has 0 N–H and O–H groups in total. The van der Waals surface area contributed by atoms with Gasteiger partial charge < -0.3 is 0 Å². The molecule has 2 rings (SSSR count). The molecule has 16 heavy (non-hydrogen) atoms. The van der Waals surface area contributed by atoms with E-state index in [0.717, 1.165) is 25.7 Å². The molecule has 2 aliphatic rings. The first-order chi connectivity index (χ1) is 7.66. The third kappa shape index (κ3) is 2.08. The fraction of sp³-hybridized carbons (Fsp3) is 0.900. The Morgan fingerprint density at radius 1 is 1.06 bits per heavy atom. The molecule has 2 heterocycles. The van der Waals surface area contributed by atoms with Gasteiger partial charge >= 0.3 is 0 Å². The summed E-state index contributed by atoms with van der Waals surface area (Å²) in [5.41, 5.74) is 0. The highest BCUT2D eigenvalue weighted by Crippen LogP contribution is 2.24. The monoisotopic (exact) mass is 243 g/mol. The van der Waals surface area contributed by atoms with Crippen molar-refractivity contribution in [3.63, 3.8) is 0 Å². The maximum absolute atomic E-state index is 12.3. The van der Waals surface area contributed by atoms with Crippen LogP contribution in [0.3, 0.4) is 0 Å². The van der Waals surface area contributed by atoms with E-state index in [1.165, 1.54) is 8.61 Å². The molecule has 0 bridgehead atoms. The molecule has 90 valence electrons. The quantitative estimate of drug-likeness (QED) is 0.717. The number of piperidine rings is 1. The van der Waals surface area contributed by atoms with Gasteiger partial charge in [-0.25, -0.2) is 0 Å². The molecule has 0 amide bonds. The Balaban J connectivity index is 2.18. The third-order valence-corrected chi connectivity index (χ3v) is 5.34. The van der Waals surface area contributed by atoms with Gasteiger partial charge in [-0.1, -0.05) is 0 Å².